The lowest BCUT2D eigenvalue weighted by Crippen LogP contribution is -2.35. The van der Waals surface area contributed by atoms with Crippen LogP contribution in [0.3, 0.4) is 0 Å². The summed E-state index contributed by atoms with van der Waals surface area (Å²) in [6.07, 6.45) is 2.55. The Balaban J connectivity index is 1.42. The third kappa shape index (κ3) is 4.36. The molecule has 2 fully saturated rings. The second kappa shape index (κ2) is 8.12. The summed E-state index contributed by atoms with van der Waals surface area (Å²) in [5.74, 6) is 1.46. The molecule has 0 aliphatic carbocycles. The SMILES string of the molecule is O=C(NCCC(=O)N1CC[C@@H]2CNC[C@@H]2CC1)c1ccc(Br)cc1. The van der Waals surface area contributed by atoms with Gasteiger partial charge in [-0.2, -0.15) is 0 Å². The lowest BCUT2D eigenvalue weighted by molar-refractivity contribution is -0.131. The minimum absolute atomic E-state index is 0.133. The second-order valence-electron chi connectivity index (χ2n) is 6.65. The van der Waals surface area contributed by atoms with E-state index in [0.717, 1.165) is 55.3 Å². The number of carbonyl (C=O) groups is 2. The normalized spacial score (nSPS) is 23.5. The molecule has 2 aliphatic rings. The standard InChI is InChI=1S/C18H24BrN3O2/c19-16-3-1-13(2-4-16)18(24)21-8-5-17(23)22-9-6-14-11-20-12-15(14)7-10-22/h1-4,14-15,20H,5-12H2,(H,21,24)/t14-,15+. The Morgan fingerprint density at radius 2 is 1.75 bits per heavy atom. The zero-order valence-electron chi connectivity index (χ0n) is 13.8. The monoisotopic (exact) mass is 393 g/mol. The van der Waals surface area contributed by atoms with E-state index >= 15 is 0 Å². The number of amides is 2. The molecule has 0 unspecified atom stereocenters. The molecule has 0 bridgehead atoms. The number of hydrogen-bond acceptors (Lipinski definition) is 3. The molecule has 130 valence electrons. The fourth-order valence-corrected chi connectivity index (χ4v) is 3.88. The maximum atomic E-state index is 12.4. The molecular weight excluding hydrogens is 370 g/mol. The summed E-state index contributed by atoms with van der Waals surface area (Å²) in [4.78, 5) is 26.4. The topological polar surface area (TPSA) is 61.4 Å². The van der Waals surface area contributed by atoms with Gasteiger partial charge in [-0.15, -0.1) is 0 Å². The van der Waals surface area contributed by atoms with Crippen molar-refractivity contribution >= 4 is 27.7 Å². The number of hydrogen-bond donors (Lipinski definition) is 2. The van der Waals surface area contributed by atoms with E-state index in [0.29, 0.717) is 18.5 Å². The number of benzene rings is 1. The summed E-state index contributed by atoms with van der Waals surface area (Å²) in [6.45, 7) is 4.27. The molecule has 0 spiro atoms. The largest absolute Gasteiger partial charge is 0.352 e. The molecule has 5 nitrogen and oxygen atoms in total. The number of rotatable bonds is 4. The Bertz CT molecular complexity index is 576. The molecule has 3 rings (SSSR count). The van der Waals surface area contributed by atoms with Gasteiger partial charge in [0.15, 0.2) is 0 Å². The fourth-order valence-electron chi connectivity index (χ4n) is 3.61. The van der Waals surface area contributed by atoms with Gasteiger partial charge >= 0.3 is 0 Å². The molecule has 2 heterocycles. The molecule has 0 radical (unpaired) electrons. The van der Waals surface area contributed by atoms with Crippen LogP contribution in [0.2, 0.25) is 0 Å². The van der Waals surface area contributed by atoms with Gasteiger partial charge in [-0.05, 0) is 62.0 Å². The van der Waals surface area contributed by atoms with Crippen molar-refractivity contribution in [2.75, 3.05) is 32.7 Å². The van der Waals surface area contributed by atoms with Crippen molar-refractivity contribution in [2.24, 2.45) is 11.8 Å². The third-order valence-corrected chi connectivity index (χ3v) is 5.63. The van der Waals surface area contributed by atoms with Crippen molar-refractivity contribution in [1.29, 1.82) is 0 Å². The molecule has 2 N–H and O–H groups in total. The van der Waals surface area contributed by atoms with Gasteiger partial charge in [0.1, 0.15) is 0 Å². The first-order valence-electron chi connectivity index (χ1n) is 8.66. The van der Waals surface area contributed by atoms with Crippen LogP contribution in [0.25, 0.3) is 0 Å². The van der Waals surface area contributed by atoms with Gasteiger partial charge < -0.3 is 15.5 Å². The van der Waals surface area contributed by atoms with Gasteiger partial charge in [0.05, 0.1) is 0 Å². The van der Waals surface area contributed by atoms with Crippen LogP contribution in [0.15, 0.2) is 28.7 Å². The smallest absolute Gasteiger partial charge is 0.251 e. The Hall–Kier alpha value is -1.40. The highest BCUT2D eigenvalue weighted by atomic mass is 79.9. The van der Waals surface area contributed by atoms with Crippen molar-refractivity contribution in [3.05, 3.63) is 34.3 Å². The zero-order valence-corrected chi connectivity index (χ0v) is 15.3. The summed E-state index contributed by atoms with van der Waals surface area (Å²) in [5, 5.41) is 6.28. The Kier molecular flexibility index (Phi) is 5.89. The molecule has 0 saturated carbocycles. The van der Waals surface area contributed by atoms with Crippen LogP contribution >= 0.6 is 15.9 Å². The van der Waals surface area contributed by atoms with Crippen LogP contribution in [-0.2, 0) is 4.79 Å². The average molecular weight is 394 g/mol. The summed E-state index contributed by atoms with van der Waals surface area (Å²) >= 11 is 3.35. The van der Waals surface area contributed by atoms with E-state index in [1.54, 1.807) is 12.1 Å². The van der Waals surface area contributed by atoms with Gasteiger partial charge in [-0.3, -0.25) is 9.59 Å². The Labute approximate surface area is 151 Å². The van der Waals surface area contributed by atoms with Gasteiger partial charge in [-0.25, -0.2) is 0 Å². The molecule has 2 aliphatic heterocycles. The van der Waals surface area contributed by atoms with Crippen LogP contribution in [0.5, 0.6) is 0 Å². The first-order chi connectivity index (χ1) is 11.6. The number of nitrogens with one attached hydrogen (secondary N) is 2. The highest BCUT2D eigenvalue weighted by Gasteiger charge is 2.31. The molecular formula is C18H24BrN3O2. The van der Waals surface area contributed by atoms with Crippen molar-refractivity contribution in [3.8, 4) is 0 Å². The van der Waals surface area contributed by atoms with Gasteiger partial charge in [-0.1, -0.05) is 15.9 Å². The molecule has 2 atom stereocenters. The number of halogens is 1. The number of fused-ring (bicyclic) bond motifs is 1. The summed E-state index contributed by atoms with van der Waals surface area (Å²) in [6, 6.07) is 7.21. The van der Waals surface area contributed by atoms with Gasteiger partial charge in [0.25, 0.3) is 5.91 Å². The van der Waals surface area contributed by atoms with E-state index in [2.05, 4.69) is 26.6 Å². The fraction of sp³-hybridized carbons (Fsp3) is 0.556. The van der Waals surface area contributed by atoms with Crippen molar-refractivity contribution < 1.29 is 9.59 Å². The number of carbonyl (C=O) groups excluding carboxylic acids is 2. The maximum absolute atomic E-state index is 12.4. The quantitative estimate of drug-likeness (QED) is 0.822. The minimum atomic E-state index is -0.133. The molecule has 2 amide bonds. The second-order valence-corrected chi connectivity index (χ2v) is 7.57. The van der Waals surface area contributed by atoms with E-state index in [4.69, 9.17) is 0 Å². The van der Waals surface area contributed by atoms with Crippen LogP contribution in [0.1, 0.15) is 29.6 Å². The molecule has 1 aromatic rings. The van der Waals surface area contributed by atoms with Gasteiger partial charge in [0.2, 0.25) is 5.91 Å². The summed E-state index contributed by atoms with van der Waals surface area (Å²) < 4.78 is 0.940. The molecule has 6 heteroatoms. The minimum Gasteiger partial charge on any atom is -0.352 e. The van der Waals surface area contributed by atoms with E-state index in [1.165, 1.54) is 0 Å². The first kappa shape index (κ1) is 17.4. The molecule has 1 aromatic carbocycles. The Morgan fingerprint density at radius 1 is 1.12 bits per heavy atom. The highest BCUT2D eigenvalue weighted by molar-refractivity contribution is 9.10. The van der Waals surface area contributed by atoms with E-state index in [-0.39, 0.29) is 11.8 Å². The Morgan fingerprint density at radius 3 is 2.38 bits per heavy atom. The highest BCUT2D eigenvalue weighted by Crippen LogP contribution is 2.27. The van der Waals surface area contributed by atoms with E-state index in [9.17, 15) is 9.59 Å². The lowest BCUT2D eigenvalue weighted by Gasteiger charge is -2.21. The summed E-state index contributed by atoms with van der Waals surface area (Å²) in [7, 11) is 0. The van der Waals surface area contributed by atoms with Crippen LogP contribution in [0.4, 0.5) is 0 Å². The third-order valence-electron chi connectivity index (χ3n) is 5.10. The van der Waals surface area contributed by atoms with Crippen LogP contribution in [-0.4, -0.2) is 49.4 Å². The zero-order chi connectivity index (χ0) is 16.9. The first-order valence-corrected chi connectivity index (χ1v) is 9.45. The van der Waals surface area contributed by atoms with Crippen molar-refractivity contribution in [3.63, 3.8) is 0 Å². The van der Waals surface area contributed by atoms with Crippen LogP contribution < -0.4 is 10.6 Å². The lowest BCUT2D eigenvalue weighted by atomic mass is 9.92. The number of likely N-dealkylation sites (tertiary alicyclic amines) is 1. The predicted octanol–water partition coefficient (Wildman–Crippen LogP) is 2.03. The number of nitrogens with zero attached hydrogens (tertiary/aromatic N) is 1. The van der Waals surface area contributed by atoms with Gasteiger partial charge in [0, 0.05) is 36.1 Å². The average Bonchev–Trinajstić information content (AvgIpc) is 2.93. The van der Waals surface area contributed by atoms with E-state index < -0.39 is 0 Å². The van der Waals surface area contributed by atoms with Crippen LogP contribution in [0, 0.1) is 11.8 Å². The molecule has 0 aromatic heterocycles. The van der Waals surface area contributed by atoms with Crippen molar-refractivity contribution in [2.45, 2.75) is 19.3 Å². The van der Waals surface area contributed by atoms with E-state index in [1.807, 2.05) is 17.0 Å². The predicted molar refractivity (Wildman–Crippen MR) is 96.8 cm³/mol. The molecule has 24 heavy (non-hydrogen) atoms. The van der Waals surface area contributed by atoms with Crippen molar-refractivity contribution in [1.82, 2.24) is 15.5 Å². The summed E-state index contributed by atoms with van der Waals surface area (Å²) in [5.41, 5.74) is 0.612. The molecule has 2 saturated heterocycles. The maximum Gasteiger partial charge on any atom is 0.251 e.